The molecule has 14 heavy (non-hydrogen) atoms. The van der Waals surface area contributed by atoms with Gasteiger partial charge in [0.15, 0.2) is 0 Å². The molecule has 6 nitrogen and oxygen atoms in total. The number of ether oxygens (including phenoxy) is 2. The fourth-order valence-corrected chi connectivity index (χ4v) is 0.396. The second-order valence-corrected chi connectivity index (χ2v) is 1.95. The summed E-state index contributed by atoms with van der Waals surface area (Å²) in [6, 6.07) is 0. The molecule has 0 aliphatic heterocycles. The Hall–Kier alpha value is -1.59. The molecule has 0 unspecified atom stereocenters. The molecule has 0 saturated carbocycles. The Morgan fingerprint density at radius 1 is 1.07 bits per heavy atom. The zero-order chi connectivity index (χ0) is 11.6. The van der Waals surface area contributed by atoms with Crippen LogP contribution in [0.25, 0.3) is 0 Å². The van der Waals surface area contributed by atoms with Crippen molar-refractivity contribution in [3.05, 3.63) is 0 Å². The normalized spacial score (nSPS) is 7.93. The predicted molar refractivity (Wildman–Crippen MR) is 46.6 cm³/mol. The van der Waals surface area contributed by atoms with E-state index in [1.807, 2.05) is 0 Å². The number of carbonyl (C=O) groups excluding carboxylic acids is 2. The summed E-state index contributed by atoms with van der Waals surface area (Å²) < 4.78 is 8.47. The molecule has 1 N–H and O–H groups in total. The van der Waals surface area contributed by atoms with Crippen LogP contribution in [0.3, 0.4) is 0 Å². The largest absolute Gasteiger partial charge is 0.473 e. The Bertz CT molecular complexity index is 198. The van der Waals surface area contributed by atoms with Gasteiger partial charge in [-0.1, -0.05) is 0 Å². The summed E-state index contributed by atoms with van der Waals surface area (Å²) in [6.07, 6.45) is 0. The molecular formula is C8H14O6. The van der Waals surface area contributed by atoms with Crippen molar-refractivity contribution in [2.45, 2.75) is 20.8 Å². The zero-order valence-electron chi connectivity index (χ0n) is 8.40. The Balaban J connectivity index is 0. The summed E-state index contributed by atoms with van der Waals surface area (Å²) >= 11 is 0. The van der Waals surface area contributed by atoms with Gasteiger partial charge in [-0.2, -0.15) is 0 Å². The van der Waals surface area contributed by atoms with E-state index in [-0.39, 0.29) is 12.6 Å². The fourth-order valence-electron chi connectivity index (χ4n) is 0.396. The fraction of sp³-hybridized carbons (Fsp3) is 0.625. The summed E-state index contributed by atoms with van der Waals surface area (Å²) in [5, 5.41) is 7.84. The lowest BCUT2D eigenvalue weighted by molar-refractivity contribution is -0.163. The molecule has 0 rings (SSSR count). The molecular weight excluding hydrogens is 192 g/mol. The van der Waals surface area contributed by atoms with Gasteiger partial charge in [0, 0.05) is 6.92 Å². The van der Waals surface area contributed by atoms with Crippen molar-refractivity contribution in [2.75, 3.05) is 13.2 Å². The molecule has 0 radical (unpaired) electrons. The minimum absolute atomic E-state index is 0.102. The molecule has 0 aliphatic carbocycles. The van der Waals surface area contributed by atoms with Crippen molar-refractivity contribution < 1.29 is 29.0 Å². The third-order valence-corrected chi connectivity index (χ3v) is 0.798. The van der Waals surface area contributed by atoms with Crippen LogP contribution in [0.1, 0.15) is 20.8 Å². The molecule has 0 amide bonds. The number of rotatable bonds is 2. The van der Waals surface area contributed by atoms with Crippen molar-refractivity contribution in [1.29, 1.82) is 0 Å². The van der Waals surface area contributed by atoms with Gasteiger partial charge in [0.2, 0.25) is 0 Å². The number of carbonyl (C=O) groups is 3. The highest BCUT2D eigenvalue weighted by molar-refractivity contribution is 6.28. The van der Waals surface area contributed by atoms with Crippen LogP contribution >= 0.6 is 0 Å². The number of hydrogen-bond acceptors (Lipinski definition) is 5. The van der Waals surface area contributed by atoms with E-state index in [1.165, 1.54) is 6.92 Å². The van der Waals surface area contributed by atoms with E-state index in [4.69, 9.17) is 5.11 Å². The minimum atomic E-state index is -1.55. The standard InChI is InChI=1S/C4H6O4.C4H8O2/c1-2-8-4(7)3(5)6;1-3-6-4(2)5/h2H2,1H3,(H,5,6);3H2,1-2H3. The second kappa shape index (κ2) is 9.50. The number of aliphatic carboxylic acids is 1. The first-order valence-electron chi connectivity index (χ1n) is 3.99. The van der Waals surface area contributed by atoms with Crippen LogP contribution in [-0.4, -0.2) is 36.2 Å². The highest BCUT2D eigenvalue weighted by Gasteiger charge is 2.09. The number of carboxylic acids is 1. The van der Waals surface area contributed by atoms with Crippen LogP contribution in [0.4, 0.5) is 0 Å². The van der Waals surface area contributed by atoms with Crippen LogP contribution < -0.4 is 0 Å². The average Bonchev–Trinajstić information content (AvgIpc) is 2.05. The molecule has 0 aliphatic rings. The summed E-state index contributed by atoms with van der Waals surface area (Å²) in [6.45, 7) is 5.30. The maximum atomic E-state index is 9.92. The van der Waals surface area contributed by atoms with Gasteiger partial charge >= 0.3 is 17.9 Å². The molecule has 0 saturated heterocycles. The number of carboxylic acid groups (broad SMARTS) is 1. The molecule has 0 bridgehead atoms. The van der Waals surface area contributed by atoms with Crippen molar-refractivity contribution in [1.82, 2.24) is 0 Å². The van der Waals surface area contributed by atoms with Gasteiger partial charge in [0.25, 0.3) is 0 Å². The smallest absolute Gasteiger partial charge is 0.417 e. The van der Waals surface area contributed by atoms with E-state index in [0.717, 1.165) is 0 Å². The maximum Gasteiger partial charge on any atom is 0.417 e. The topological polar surface area (TPSA) is 89.9 Å². The van der Waals surface area contributed by atoms with E-state index in [9.17, 15) is 14.4 Å². The highest BCUT2D eigenvalue weighted by Crippen LogP contribution is 1.74. The summed E-state index contributed by atoms with van der Waals surface area (Å²) in [7, 11) is 0. The van der Waals surface area contributed by atoms with Gasteiger partial charge < -0.3 is 14.6 Å². The maximum absolute atomic E-state index is 9.92. The second-order valence-electron chi connectivity index (χ2n) is 1.95. The van der Waals surface area contributed by atoms with Crippen LogP contribution in [0.2, 0.25) is 0 Å². The van der Waals surface area contributed by atoms with Gasteiger partial charge in [-0.25, -0.2) is 9.59 Å². The molecule has 0 spiro atoms. The monoisotopic (exact) mass is 206 g/mol. The van der Waals surface area contributed by atoms with Crippen LogP contribution in [0.5, 0.6) is 0 Å². The average molecular weight is 206 g/mol. The van der Waals surface area contributed by atoms with Gasteiger partial charge in [-0.15, -0.1) is 0 Å². The van der Waals surface area contributed by atoms with Crippen molar-refractivity contribution in [3.63, 3.8) is 0 Å². The first-order valence-corrected chi connectivity index (χ1v) is 3.99. The first kappa shape index (κ1) is 14.9. The van der Waals surface area contributed by atoms with E-state index >= 15 is 0 Å². The van der Waals surface area contributed by atoms with Gasteiger partial charge in [-0.05, 0) is 13.8 Å². The number of esters is 2. The van der Waals surface area contributed by atoms with Gasteiger partial charge in [0.1, 0.15) is 0 Å². The Labute approximate surface area is 81.8 Å². The summed E-state index contributed by atoms with van der Waals surface area (Å²) in [5.74, 6) is -2.96. The van der Waals surface area contributed by atoms with E-state index in [1.54, 1.807) is 13.8 Å². The lowest BCUT2D eigenvalue weighted by Gasteiger charge is -1.91. The van der Waals surface area contributed by atoms with E-state index in [2.05, 4.69) is 9.47 Å². The summed E-state index contributed by atoms with van der Waals surface area (Å²) in [5.41, 5.74) is 0. The highest BCUT2D eigenvalue weighted by atomic mass is 16.6. The van der Waals surface area contributed by atoms with Crippen LogP contribution in [-0.2, 0) is 23.9 Å². The zero-order valence-corrected chi connectivity index (χ0v) is 8.40. The Morgan fingerprint density at radius 2 is 1.50 bits per heavy atom. The molecule has 0 aromatic carbocycles. The molecule has 0 fully saturated rings. The molecule has 0 aromatic heterocycles. The lowest BCUT2D eigenvalue weighted by Crippen LogP contribution is -2.15. The van der Waals surface area contributed by atoms with Crippen LogP contribution in [0.15, 0.2) is 0 Å². The van der Waals surface area contributed by atoms with Gasteiger partial charge in [-0.3, -0.25) is 4.79 Å². The lowest BCUT2D eigenvalue weighted by atomic mass is 10.7. The molecule has 0 atom stereocenters. The minimum Gasteiger partial charge on any atom is -0.473 e. The first-order chi connectivity index (χ1) is 6.45. The predicted octanol–water partition coefficient (Wildman–Crippen LogP) is 0.203. The van der Waals surface area contributed by atoms with Gasteiger partial charge in [0.05, 0.1) is 13.2 Å². The quantitative estimate of drug-likeness (QED) is 0.512. The molecule has 6 heteroatoms. The van der Waals surface area contributed by atoms with E-state index < -0.39 is 11.9 Å². The molecule has 82 valence electrons. The van der Waals surface area contributed by atoms with Crippen molar-refractivity contribution in [2.24, 2.45) is 0 Å². The van der Waals surface area contributed by atoms with Crippen molar-refractivity contribution in [3.8, 4) is 0 Å². The van der Waals surface area contributed by atoms with Crippen molar-refractivity contribution >= 4 is 17.9 Å². The SMILES string of the molecule is CCOC(=O)C(=O)O.CCOC(C)=O. The third-order valence-electron chi connectivity index (χ3n) is 0.798. The summed E-state index contributed by atoms with van der Waals surface area (Å²) in [4.78, 5) is 29.4. The molecule has 0 heterocycles. The Kier molecular flexibility index (Phi) is 10.1. The van der Waals surface area contributed by atoms with E-state index in [0.29, 0.717) is 6.61 Å². The number of hydrogen-bond donors (Lipinski definition) is 1. The van der Waals surface area contributed by atoms with Crippen LogP contribution in [0, 0.1) is 0 Å². The Morgan fingerprint density at radius 3 is 1.57 bits per heavy atom. The third kappa shape index (κ3) is 13.0. The molecule has 0 aromatic rings.